The maximum Gasteiger partial charge on any atom is 0.338 e. The molecule has 182 valence electrons. The molecule has 1 unspecified atom stereocenters. The summed E-state index contributed by atoms with van der Waals surface area (Å²) in [7, 11) is 3.19. The summed E-state index contributed by atoms with van der Waals surface area (Å²) in [6.07, 6.45) is -0.0586. The van der Waals surface area contributed by atoms with Crippen molar-refractivity contribution in [1.82, 2.24) is 10.2 Å². The summed E-state index contributed by atoms with van der Waals surface area (Å²) in [4.78, 5) is 40.4. The molecule has 1 aliphatic rings. The third-order valence-electron chi connectivity index (χ3n) is 5.70. The number of likely N-dealkylation sites (N-methyl/N-ethyl adjacent to an activating group) is 1. The van der Waals surface area contributed by atoms with E-state index in [1.54, 1.807) is 50.2 Å². The molecule has 1 aliphatic heterocycles. The molecule has 0 radical (unpaired) electrons. The van der Waals surface area contributed by atoms with Gasteiger partial charge in [0.1, 0.15) is 5.75 Å². The highest BCUT2D eigenvalue weighted by Gasteiger charge is 2.42. The lowest BCUT2D eigenvalue weighted by Crippen LogP contribution is -2.44. The van der Waals surface area contributed by atoms with Crippen LogP contribution in [0.3, 0.4) is 0 Å². The van der Waals surface area contributed by atoms with Crippen LogP contribution in [0.4, 0.5) is 5.69 Å². The maximum atomic E-state index is 13.2. The third-order valence-corrected chi connectivity index (χ3v) is 5.70. The molecular weight excluding hydrogens is 456 g/mol. The number of esters is 1. The van der Waals surface area contributed by atoms with Crippen LogP contribution in [0, 0.1) is 0 Å². The molecule has 1 aromatic heterocycles. The molecule has 0 saturated carbocycles. The van der Waals surface area contributed by atoms with Crippen molar-refractivity contribution in [3.8, 4) is 17.4 Å². The predicted molar refractivity (Wildman–Crippen MR) is 119 cm³/mol. The number of carbonyl (C=O) groups is 3. The Balaban J connectivity index is 1.51. The van der Waals surface area contributed by atoms with Crippen LogP contribution in [0.2, 0.25) is 0 Å². The summed E-state index contributed by atoms with van der Waals surface area (Å²) in [6, 6.07) is 12.2. The van der Waals surface area contributed by atoms with Crippen LogP contribution >= 0.6 is 0 Å². The van der Waals surface area contributed by atoms with Crippen molar-refractivity contribution >= 4 is 23.5 Å². The molecule has 2 amide bonds. The molecule has 2 aromatic carbocycles. The Hall–Kier alpha value is -4.25. The lowest BCUT2D eigenvalue weighted by molar-refractivity contribution is -0.678. The Morgan fingerprint density at radius 1 is 1.20 bits per heavy atom. The van der Waals surface area contributed by atoms with Gasteiger partial charge in [-0.2, -0.15) is 0 Å². The van der Waals surface area contributed by atoms with Gasteiger partial charge in [-0.05, 0) is 55.1 Å². The Bertz CT molecular complexity index is 1240. The van der Waals surface area contributed by atoms with Crippen molar-refractivity contribution < 1.29 is 38.2 Å². The molecule has 0 spiro atoms. The smallest absolute Gasteiger partial charge is 0.338 e. The summed E-state index contributed by atoms with van der Waals surface area (Å²) < 4.78 is 16.3. The highest BCUT2D eigenvalue weighted by molar-refractivity contribution is 6.22. The number of hydrogen-bond donors (Lipinski definition) is 0. The first-order valence-corrected chi connectivity index (χ1v) is 10.9. The van der Waals surface area contributed by atoms with Crippen LogP contribution in [0.1, 0.15) is 29.4 Å². The zero-order valence-corrected chi connectivity index (χ0v) is 19.5. The van der Waals surface area contributed by atoms with Gasteiger partial charge >= 0.3 is 5.97 Å². The van der Waals surface area contributed by atoms with Gasteiger partial charge in [-0.1, -0.05) is 0 Å². The van der Waals surface area contributed by atoms with Gasteiger partial charge in [0.2, 0.25) is 11.6 Å². The number of benzene rings is 2. The van der Waals surface area contributed by atoms with E-state index in [0.717, 1.165) is 4.90 Å². The van der Waals surface area contributed by atoms with E-state index in [2.05, 4.69) is 5.27 Å². The van der Waals surface area contributed by atoms with E-state index in [1.807, 2.05) is 0 Å². The van der Waals surface area contributed by atoms with Gasteiger partial charge in [-0.15, -0.1) is 0 Å². The van der Waals surface area contributed by atoms with Crippen LogP contribution < -0.4 is 19.4 Å². The minimum absolute atomic E-state index is 0.0215. The second kappa shape index (κ2) is 9.94. The Labute approximate surface area is 201 Å². The predicted octanol–water partition coefficient (Wildman–Crippen LogP) is 0.974. The monoisotopic (exact) mass is 480 g/mol. The van der Waals surface area contributed by atoms with Crippen molar-refractivity contribution in [2.75, 3.05) is 25.7 Å². The molecule has 1 saturated heterocycles. The quantitative estimate of drug-likeness (QED) is 0.263. The minimum Gasteiger partial charge on any atom is -0.539 e. The average Bonchev–Trinajstić information content (AvgIpc) is 3.37. The van der Waals surface area contributed by atoms with E-state index in [4.69, 9.17) is 14.0 Å². The number of aromatic nitrogens is 2. The molecule has 4 rings (SSSR count). The van der Waals surface area contributed by atoms with Gasteiger partial charge in [-0.25, -0.2) is 9.69 Å². The second-order valence-corrected chi connectivity index (χ2v) is 7.89. The van der Waals surface area contributed by atoms with Gasteiger partial charge < -0.3 is 19.1 Å². The fraction of sp³-hybridized carbons (Fsp3) is 0.292. The number of methoxy groups -OCH3 is 1. The van der Waals surface area contributed by atoms with E-state index < -0.39 is 23.9 Å². The van der Waals surface area contributed by atoms with Crippen molar-refractivity contribution in [3.05, 3.63) is 59.8 Å². The third kappa shape index (κ3) is 4.71. The standard InChI is InChI=1S/C24H24N4O7/c1-4-34-23(31)15-5-7-16(8-6-15)27-21(29)13-19(22(27)30)26(2)14-20-24(32)35-25-28(20)17-9-11-18(33-3)12-10-17/h5-12,19H,4,13-14H2,1-3H3. The average molecular weight is 480 g/mol. The Morgan fingerprint density at radius 3 is 2.51 bits per heavy atom. The Morgan fingerprint density at radius 2 is 1.89 bits per heavy atom. The van der Waals surface area contributed by atoms with Crippen LogP contribution in [-0.4, -0.2) is 54.8 Å². The molecule has 0 N–H and O–H groups in total. The van der Waals surface area contributed by atoms with Gasteiger partial charge in [-0.3, -0.25) is 14.5 Å². The van der Waals surface area contributed by atoms with Crippen molar-refractivity contribution in [3.63, 3.8) is 0 Å². The molecule has 2 heterocycles. The first-order valence-electron chi connectivity index (χ1n) is 10.9. The number of hydrogen-bond acceptors (Lipinski definition) is 9. The van der Waals surface area contributed by atoms with Crippen LogP contribution in [0.5, 0.6) is 11.7 Å². The minimum atomic E-state index is -0.786. The van der Waals surface area contributed by atoms with Gasteiger partial charge in [0.05, 0.1) is 49.2 Å². The molecule has 11 nitrogen and oxygen atoms in total. The van der Waals surface area contributed by atoms with E-state index in [-0.39, 0.29) is 31.2 Å². The number of amides is 2. The van der Waals surface area contributed by atoms with Crippen LogP contribution in [0.15, 0.2) is 53.1 Å². The normalized spacial score (nSPS) is 15.7. The van der Waals surface area contributed by atoms with Crippen LogP contribution in [-0.2, 0) is 20.9 Å². The lowest BCUT2D eigenvalue weighted by Gasteiger charge is -2.21. The van der Waals surface area contributed by atoms with Crippen molar-refractivity contribution in [1.29, 1.82) is 0 Å². The highest BCUT2D eigenvalue weighted by atomic mass is 16.6. The molecule has 0 aliphatic carbocycles. The van der Waals surface area contributed by atoms with Gasteiger partial charge in [0.15, 0.2) is 5.95 Å². The fourth-order valence-electron chi connectivity index (χ4n) is 3.86. The zero-order valence-electron chi connectivity index (χ0n) is 19.5. The van der Waals surface area contributed by atoms with Gasteiger partial charge in [0.25, 0.3) is 11.6 Å². The summed E-state index contributed by atoms with van der Waals surface area (Å²) in [6.45, 7) is 1.97. The van der Waals surface area contributed by atoms with E-state index in [9.17, 15) is 19.5 Å². The Kier molecular flexibility index (Phi) is 6.78. The maximum absolute atomic E-state index is 13.2. The molecule has 11 heteroatoms. The molecule has 35 heavy (non-hydrogen) atoms. The van der Waals surface area contributed by atoms with Crippen molar-refractivity contribution in [2.24, 2.45) is 0 Å². The zero-order chi connectivity index (χ0) is 25.1. The fourth-order valence-corrected chi connectivity index (χ4v) is 3.86. The number of imide groups is 1. The summed E-state index contributed by atoms with van der Waals surface area (Å²) >= 11 is 0. The lowest BCUT2D eigenvalue weighted by atomic mass is 10.2. The summed E-state index contributed by atoms with van der Waals surface area (Å²) in [5.74, 6) is -1.30. The molecule has 3 aromatic rings. The van der Waals surface area contributed by atoms with Gasteiger partial charge in [0, 0.05) is 12.1 Å². The SMILES string of the molecule is CCOC(=O)c1ccc(N2C(=O)CC(N(C)Cc3c([O-])on[n+]3-c3ccc(OC)cc3)C2=O)cc1. The number of carbonyl (C=O) groups excluding carboxylic acids is 3. The van der Waals surface area contributed by atoms with Crippen LogP contribution in [0.25, 0.3) is 5.69 Å². The molecule has 1 fully saturated rings. The molecular formula is C24H24N4O7. The summed E-state index contributed by atoms with van der Waals surface area (Å²) in [5, 5.41) is 16.2. The molecule has 0 bridgehead atoms. The molecule has 1 atom stereocenters. The largest absolute Gasteiger partial charge is 0.539 e. The number of nitrogens with zero attached hydrogens (tertiary/aromatic N) is 4. The van der Waals surface area contributed by atoms with E-state index >= 15 is 0 Å². The van der Waals surface area contributed by atoms with E-state index in [0.29, 0.717) is 22.7 Å². The first kappa shape index (κ1) is 23.9. The number of anilines is 1. The first-order chi connectivity index (χ1) is 16.8. The number of rotatable bonds is 8. The van der Waals surface area contributed by atoms with Crippen molar-refractivity contribution in [2.45, 2.75) is 25.9 Å². The highest BCUT2D eigenvalue weighted by Crippen LogP contribution is 2.27. The summed E-state index contributed by atoms with van der Waals surface area (Å²) in [5.41, 5.74) is 1.46. The topological polar surface area (TPSA) is 129 Å². The second-order valence-electron chi connectivity index (χ2n) is 7.89. The number of ether oxygens (including phenoxy) is 2. The van der Waals surface area contributed by atoms with E-state index in [1.165, 1.54) is 28.9 Å².